The van der Waals surface area contributed by atoms with Crippen molar-refractivity contribution >= 4 is 17.7 Å². The lowest BCUT2D eigenvalue weighted by Crippen LogP contribution is -2.40. The number of amides is 1. The predicted octanol–water partition coefficient (Wildman–Crippen LogP) is 4.62. The molecular weight excluding hydrogens is 372 g/mol. The molecule has 7 heteroatoms. The molecule has 0 spiro atoms. The van der Waals surface area contributed by atoms with Gasteiger partial charge in [-0.2, -0.15) is 0 Å². The molecule has 2 heterocycles. The monoisotopic (exact) mass is 398 g/mol. The van der Waals surface area contributed by atoms with Crippen molar-refractivity contribution < 1.29 is 9.21 Å². The molecule has 0 radical (unpaired) electrons. The summed E-state index contributed by atoms with van der Waals surface area (Å²) in [4.78, 5) is 12.0. The summed E-state index contributed by atoms with van der Waals surface area (Å²) in [6.45, 7) is 8.02. The van der Waals surface area contributed by atoms with Gasteiger partial charge in [-0.25, -0.2) is 0 Å². The second-order valence-corrected chi connectivity index (χ2v) is 8.77. The molecule has 1 aromatic carbocycles. The first kappa shape index (κ1) is 20.2. The van der Waals surface area contributed by atoms with Crippen molar-refractivity contribution in [1.82, 2.24) is 20.1 Å². The van der Waals surface area contributed by atoms with Crippen molar-refractivity contribution in [2.75, 3.05) is 5.75 Å². The molecule has 2 aromatic heterocycles. The van der Waals surface area contributed by atoms with Gasteiger partial charge in [-0.3, -0.25) is 9.36 Å². The molecule has 0 aliphatic heterocycles. The molecule has 0 fully saturated rings. The molecule has 0 unspecified atom stereocenters. The second kappa shape index (κ2) is 8.65. The maximum absolute atomic E-state index is 12.0. The fourth-order valence-corrected chi connectivity index (χ4v) is 3.62. The van der Waals surface area contributed by atoms with Gasteiger partial charge in [-0.05, 0) is 58.4 Å². The van der Waals surface area contributed by atoms with Crippen molar-refractivity contribution in [2.45, 2.75) is 51.2 Å². The van der Waals surface area contributed by atoms with E-state index in [9.17, 15) is 4.79 Å². The van der Waals surface area contributed by atoms with Gasteiger partial charge in [0, 0.05) is 23.4 Å². The van der Waals surface area contributed by atoms with E-state index in [1.165, 1.54) is 5.56 Å². The average Bonchev–Trinajstić information content (AvgIpc) is 3.27. The summed E-state index contributed by atoms with van der Waals surface area (Å²) in [5.74, 6) is 2.19. The van der Waals surface area contributed by atoms with Gasteiger partial charge >= 0.3 is 0 Å². The number of thioether (sulfide) groups is 1. The van der Waals surface area contributed by atoms with Crippen LogP contribution in [0.25, 0.3) is 17.3 Å². The molecule has 148 valence electrons. The number of aromatic nitrogens is 3. The maximum Gasteiger partial charge on any atom is 0.220 e. The molecule has 0 atom stereocenters. The van der Waals surface area contributed by atoms with E-state index in [-0.39, 0.29) is 11.4 Å². The fraction of sp³-hybridized carbons (Fsp3) is 0.381. The smallest absolute Gasteiger partial charge is 0.220 e. The Labute approximate surface area is 169 Å². The van der Waals surface area contributed by atoms with Crippen LogP contribution in [0.2, 0.25) is 0 Å². The Kier molecular flexibility index (Phi) is 6.24. The summed E-state index contributed by atoms with van der Waals surface area (Å²) < 4.78 is 7.53. The lowest BCUT2D eigenvalue weighted by atomic mass is 10.1. The van der Waals surface area contributed by atoms with E-state index in [0.717, 1.165) is 23.0 Å². The Hall–Kier alpha value is -2.54. The van der Waals surface area contributed by atoms with Gasteiger partial charge in [0.05, 0.1) is 6.26 Å². The third-order valence-corrected chi connectivity index (χ3v) is 4.98. The Bertz CT molecular complexity index is 909. The third kappa shape index (κ3) is 5.25. The SMILES string of the molecule is Cc1ccc(-n2c(SCCCC(=O)NC(C)(C)C)nnc2-c2ccco2)cc1. The molecule has 6 nitrogen and oxygen atoms in total. The zero-order chi connectivity index (χ0) is 20.1. The zero-order valence-electron chi connectivity index (χ0n) is 16.7. The van der Waals surface area contributed by atoms with Crippen LogP contribution >= 0.6 is 11.8 Å². The minimum Gasteiger partial charge on any atom is -0.461 e. The number of hydrogen-bond acceptors (Lipinski definition) is 5. The van der Waals surface area contributed by atoms with Crippen molar-refractivity contribution in [1.29, 1.82) is 0 Å². The fourth-order valence-electron chi connectivity index (χ4n) is 2.73. The summed E-state index contributed by atoms with van der Waals surface area (Å²) in [5.41, 5.74) is 1.97. The van der Waals surface area contributed by atoms with Crippen LogP contribution in [-0.2, 0) is 4.79 Å². The van der Waals surface area contributed by atoms with Crippen LogP contribution in [0.1, 0.15) is 39.2 Å². The molecule has 3 aromatic rings. The van der Waals surface area contributed by atoms with Gasteiger partial charge in [-0.1, -0.05) is 29.5 Å². The number of rotatable bonds is 7. The molecule has 0 aliphatic carbocycles. The second-order valence-electron chi connectivity index (χ2n) is 7.70. The van der Waals surface area contributed by atoms with E-state index in [1.54, 1.807) is 18.0 Å². The van der Waals surface area contributed by atoms with E-state index in [0.29, 0.717) is 18.0 Å². The van der Waals surface area contributed by atoms with Gasteiger partial charge in [0.15, 0.2) is 10.9 Å². The largest absolute Gasteiger partial charge is 0.461 e. The van der Waals surface area contributed by atoms with Gasteiger partial charge in [0.2, 0.25) is 11.7 Å². The van der Waals surface area contributed by atoms with E-state index >= 15 is 0 Å². The molecule has 0 bridgehead atoms. The Balaban J connectivity index is 1.73. The number of aryl methyl sites for hydroxylation is 1. The van der Waals surface area contributed by atoms with Gasteiger partial charge in [0.1, 0.15) is 0 Å². The number of nitrogens with zero attached hydrogens (tertiary/aromatic N) is 3. The van der Waals surface area contributed by atoms with Crippen LogP contribution < -0.4 is 5.32 Å². The molecule has 28 heavy (non-hydrogen) atoms. The minimum atomic E-state index is -0.201. The molecule has 3 rings (SSSR count). The van der Waals surface area contributed by atoms with Crippen molar-refractivity contribution in [2.24, 2.45) is 0 Å². The van der Waals surface area contributed by atoms with Crippen LogP contribution in [-0.4, -0.2) is 32.0 Å². The molecule has 1 N–H and O–H groups in total. The highest BCUT2D eigenvalue weighted by Crippen LogP contribution is 2.28. The maximum atomic E-state index is 12.0. The first-order valence-corrected chi connectivity index (χ1v) is 10.3. The first-order chi connectivity index (χ1) is 13.3. The number of benzene rings is 1. The van der Waals surface area contributed by atoms with Gasteiger partial charge in [-0.15, -0.1) is 10.2 Å². The summed E-state index contributed by atoms with van der Waals surface area (Å²) >= 11 is 1.59. The number of furan rings is 1. The lowest BCUT2D eigenvalue weighted by Gasteiger charge is -2.20. The van der Waals surface area contributed by atoms with E-state index in [2.05, 4.69) is 34.6 Å². The highest BCUT2D eigenvalue weighted by atomic mass is 32.2. The van der Waals surface area contributed by atoms with E-state index < -0.39 is 0 Å². The Morgan fingerprint density at radius 3 is 2.57 bits per heavy atom. The number of carbonyl (C=O) groups excluding carboxylic acids is 1. The van der Waals surface area contributed by atoms with Crippen LogP contribution in [0.5, 0.6) is 0 Å². The number of nitrogens with one attached hydrogen (secondary N) is 1. The molecule has 1 amide bonds. The van der Waals surface area contributed by atoms with Crippen LogP contribution in [0, 0.1) is 6.92 Å². The van der Waals surface area contributed by atoms with Gasteiger partial charge in [0.25, 0.3) is 0 Å². The first-order valence-electron chi connectivity index (χ1n) is 9.34. The zero-order valence-corrected chi connectivity index (χ0v) is 17.5. The van der Waals surface area contributed by atoms with Crippen molar-refractivity contribution in [3.8, 4) is 17.3 Å². The van der Waals surface area contributed by atoms with E-state index in [1.807, 2.05) is 49.6 Å². The number of carbonyl (C=O) groups is 1. The molecular formula is C21H26N4O2S. The third-order valence-electron chi connectivity index (χ3n) is 3.96. The van der Waals surface area contributed by atoms with Gasteiger partial charge < -0.3 is 9.73 Å². The molecule has 0 saturated carbocycles. The molecule has 0 aliphatic rings. The minimum absolute atomic E-state index is 0.0735. The normalized spacial score (nSPS) is 11.6. The quantitative estimate of drug-likeness (QED) is 0.464. The Morgan fingerprint density at radius 2 is 1.93 bits per heavy atom. The topological polar surface area (TPSA) is 73.0 Å². The summed E-state index contributed by atoms with van der Waals surface area (Å²) in [5, 5.41) is 12.5. The summed E-state index contributed by atoms with van der Waals surface area (Å²) in [6, 6.07) is 11.9. The summed E-state index contributed by atoms with van der Waals surface area (Å²) in [6.07, 6.45) is 2.89. The van der Waals surface area contributed by atoms with Crippen LogP contribution in [0.4, 0.5) is 0 Å². The highest BCUT2D eigenvalue weighted by Gasteiger charge is 2.18. The van der Waals surface area contributed by atoms with Crippen molar-refractivity contribution in [3.63, 3.8) is 0 Å². The standard InChI is InChI=1S/C21H26N4O2S/c1-15-9-11-16(12-10-15)25-19(17-7-5-13-27-17)23-24-20(25)28-14-6-8-18(26)22-21(2,3)4/h5,7,9-13H,6,8,14H2,1-4H3,(H,22,26). The van der Waals surface area contributed by atoms with Crippen molar-refractivity contribution in [3.05, 3.63) is 48.2 Å². The van der Waals surface area contributed by atoms with E-state index in [4.69, 9.17) is 4.42 Å². The lowest BCUT2D eigenvalue weighted by molar-refractivity contribution is -0.122. The number of hydrogen-bond donors (Lipinski definition) is 1. The Morgan fingerprint density at radius 1 is 1.18 bits per heavy atom. The molecule has 0 saturated heterocycles. The van der Waals surface area contributed by atoms with Crippen LogP contribution in [0.3, 0.4) is 0 Å². The highest BCUT2D eigenvalue weighted by molar-refractivity contribution is 7.99. The predicted molar refractivity (Wildman–Crippen MR) is 112 cm³/mol. The average molecular weight is 399 g/mol. The summed E-state index contributed by atoms with van der Waals surface area (Å²) in [7, 11) is 0. The van der Waals surface area contributed by atoms with Crippen LogP contribution in [0.15, 0.2) is 52.2 Å².